The number of nitrogens with zero attached hydrogens (tertiary/aromatic N) is 3. The smallest absolute Gasteiger partial charge is 0.224 e. The largest absolute Gasteiger partial charge is 0.355 e. The number of sulfone groups is 1. The number of para-hydroxylation sites is 1. The predicted molar refractivity (Wildman–Crippen MR) is 80.0 cm³/mol. The van der Waals surface area contributed by atoms with Crippen LogP contribution in [0.5, 0.6) is 0 Å². The molecule has 0 amide bonds. The monoisotopic (exact) mass is 311 g/mol. The van der Waals surface area contributed by atoms with Crippen LogP contribution in [0.15, 0.2) is 24.3 Å². The SMILES string of the molecule is CN(c1nc(Cl)nc2ccccc12)C1CCS(=O)(=O)C1. The van der Waals surface area contributed by atoms with Gasteiger partial charge in [-0.2, -0.15) is 4.98 Å². The summed E-state index contributed by atoms with van der Waals surface area (Å²) in [5.74, 6) is 1.08. The van der Waals surface area contributed by atoms with Gasteiger partial charge in [-0.05, 0) is 30.2 Å². The van der Waals surface area contributed by atoms with Crippen molar-refractivity contribution in [3.05, 3.63) is 29.5 Å². The molecule has 1 aliphatic heterocycles. The lowest BCUT2D eigenvalue weighted by Gasteiger charge is -2.25. The molecule has 0 radical (unpaired) electrons. The Hall–Kier alpha value is -1.40. The van der Waals surface area contributed by atoms with Crippen LogP contribution in [0, 0.1) is 0 Å². The van der Waals surface area contributed by atoms with Gasteiger partial charge in [-0.25, -0.2) is 13.4 Å². The summed E-state index contributed by atoms with van der Waals surface area (Å²) in [6, 6.07) is 7.51. The Kier molecular flexibility index (Phi) is 3.30. The van der Waals surface area contributed by atoms with E-state index in [2.05, 4.69) is 9.97 Å². The topological polar surface area (TPSA) is 63.2 Å². The minimum atomic E-state index is -2.93. The zero-order chi connectivity index (χ0) is 14.3. The van der Waals surface area contributed by atoms with Gasteiger partial charge in [0.1, 0.15) is 5.82 Å². The molecule has 1 unspecified atom stereocenters. The van der Waals surface area contributed by atoms with E-state index in [1.165, 1.54) is 0 Å². The molecule has 0 aliphatic carbocycles. The lowest BCUT2D eigenvalue weighted by molar-refractivity contribution is 0.600. The number of anilines is 1. The van der Waals surface area contributed by atoms with Gasteiger partial charge in [0.2, 0.25) is 5.28 Å². The highest BCUT2D eigenvalue weighted by Crippen LogP contribution is 2.28. The van der Waals surface area contributed by atoms with Crippen LogP contribution in [0.1, 0.15) is 6.42 Å². The molecule has 20 heavy (non-hydrogen) atoms. The Morgan fingerprint density at radius 1 is 1.30 bits per heavy atom. The van der Waals surface area contributed by atoms with Gasteiger partial charge in [0.05, 0.1) is 17.0 Å². The molecule has 2 aromatic rings. The van der Waals surface area contributed by atoms with Gasteiger partial charge in [0, 0.05) is 18.5 Å². The lowest BCUT2D eigenvalue weighted by Crippen LogP contribution is -2.33. The van der Waals surface area contributed by atoms with Crippen molar-refractivity contribution < 1.29 is 8.42 Å². The molecule has 5 nitrogen and oxygen atoms in total. The third-order valence-electron chi connectivity index (χ3n) is 3.65. The molecule has 1 aromatic carbocycles. The van der Waals surface area contributed by atoms with Crippen molar-refractivity contribution in [2.45, 2.75) is 12.5 Å². The van der Waals surface area contributed by atoms with Gasteiger partial charge in [0.15, 0.2) is 9.84 Å². The first-order chi connectivity index (χ1) is 9.46. The van der Waals surface area contributed by atoms with E-state index in [-0.39, 0.29) is 22.8 Å². The van der Waals surface area contributed by atoms with Gasteiger partial charge in [-0.1, -0.05) is 12.1 Å². The predicted octanol–water partition coefficient (Wildman–Crippen LogP) is 1.91. The third-order valence-corrected chi connectivity index (χ3v) is 5.57. The molecule has 7 heteroatoms. The Labute approximate surface area is 122 Å². The summed E-state index contributed by atoms with van der Waals surface area (Å²) in [6.07, 6.45) is 0.620. The first-order valence-electron chi connectivity index (χ1n) is 6.32. The fourth-order valence-electron chi connectivity index (χ4n) is 2.55. The van der Waals surface area contributed by atoms with E-state index in [0.717, 1.165) is 10.9 Å². The molecule has 0 bridgehead atoms. The Morgan fingerprint density at radius 2 is 2.05 bits per heavy atom. The normalized spacial score (nSPS) is 21.2. The summed E-state index contributed by atoms with van der Waals surface area (Å²) >= 11 is 5.96. The minimum Gasteiger partial charge on any atom is -0.355 e. The van der Waals surface area contributed by atoms with Crippen LogP contribution in [0.2, 0.25) is 5.28 Å². The maximum Gasteiger partial charge on any atom is 0.224 e. The van der Waals surface area contributed by atoms with E-state index in [4.69, 9.17) is 11.6 Å². The second kappa shape index (κ2) is 4.86. The summed E-state index contributed by atoms with van der Waals surface area (Å²) < 4.78 is 23.2. The van der Waals surface area contributed by atoms with Crippen LogP contribution in [0.25, 0.3) is 10.9 Å². The molecule has 1 aliphatic rings. The standard InChI is InChI=1S/C13H14ClN3O2S/c1-17(9-6-7-20(18,19)8-9)12-10-4-2-3-5-11(10)15-13(14)16-12/h2-5,9H,6-8H2,1H3. The molecule has 0 saturated carbocycles. The molecule has 1 aromatic heterocycles. The zero-order valence-electron chi connectivity index (χ0n) is 11.0. The van der Waals surface area contributed by atoms with E-state index >= 15 is 0 Å². The Morgan fingerprint density at radius 3 is 2.75 bits per heavy atom. The van der Waals surface area contributed by atoms with Crippen LogP contribution in [0.4, 0.5) is 5.82 Å². The van der Waals surface area contributed by atoms with Crippen LogP contribution < -0.4 is 4.90 Å². The number of rotatable bonds is 2. The fraction of sp³-hybridized carbons (Fsp3) is 0.385. The molecule has 1 atom stereocenters. The lowest BCUT2D eigenvalue weighted by atomic mass is 10.2. The van der Waals surface area contributed by atoms with Crippen LogP contribution in [0.3, 0.4) is 0 Å². The highest BCUT2D eigenvalue weighted by Gasteiger charge is 2.32. The molecule has 2 heterocycles. The molecule has 106 valence electrons. The maximum absolute atomic E-state index is 11.6. The van der Waals surface area contributed by atoms with Crippen molar-refractivity contribution in [2.24, 2.45) is 0 Å². The number of aromatic nitrogens is 2. The fourth-order valence-corrected chi connectivity index (χ4v) is 4.50. The summed E-state index contributed by atoms with van der Waals surface area (Å²) in [5.41, 5.74) is 0.759. The molecule has 3 rings (SSSR count). The van der Waals surface area contributed by atoms with E-state index in [1.807, 2.05) is 36.2 Å². The summed E-state index contributed by atoms with van der Waals surface area (Å²) in [6.45, 7) is 0. The van der Waals surface area contributed by atoms with E-state index < -0.39 is 9.84 Å². The Balaban J connectivity index is 2.05. The number of hydrogen-bond acceptors (Lipinski definition) is 5. The van der Waals surface area contributed by atoms with E-state index in [1.54, 1.807) is 0 Å². The third kappa shape index (κ3) is 2.45. The minimum absolute atomic E-state index is 0.0608. The molecular weight excluding hydrogens is 298 g/mol. The molecule has 1 fully saturated rings. The molecule has 0 N–H and O–H groups in total. The first-order valence-corrected chi connectivity index (χ1v) is 8.52. The maximum atomic E-state index is 11.6. The number of halogens is 1. The number of fused-ring (bicyclic) bond motifs is 1. The highest BCUT2D eigenvalue weighted by molar-refractivity contribution is 7.91. The second-order valence-electron chi connectivity index (χ2n) is 5.00. The van der Waals surface area contributed by atoms with Crippen molar-refractivity contribution in [3.63, 3.8) is 0 Å². The number of benzene rings is 1. The number of hydrogen-bond donors (Lipinski definition) is 0. The van der Waals surface area contributed by atoms with E-state index in [0.29, 0.717) is 12.2 Å². The average Bonchev–Trinajstić information content (AvgIpc) is 2.77. The second-order valence-corrected chi connectivity index (χ2v) is 7.57. The van der Waals surface area contributed by atoms with Crippen LogP contribution >= 0.6 is 11.6 Å². The van der Waals surface area contributed by atoms with Crippen molar-refractivity contribution in [2.75, 3.05) is 23.5 Å². The summed E-state index contributed by atoms with van der Waals surface area (Å²) in [4.78, 5) is 10.4. The molecule has 0 spiro atoms. The van der Waals surface area contributed by atoms with Gasteiger partial charge in [0.25, 0.3) is 0 Å². The van der Waals surface area contributed by atoms with E-state index in [9.17, 15) is 8.42 Å². The van der Waals surface area contributed by atoms with Crippen molar-refractivity contribution >= 4 is 38.2 Å². The van der Waals surface area contributed by atoms with Gasteiger partial charge in [-0.15, -0.1) is 0 Å². The Bertz CT molecular complexity index is 763. The first kappa shape index (κ1) is 13.6. The molecule has 1 saturated heterocycles. The van der Waals surface area contributed by atoms with Crippen molar-refractivity contribution in [1.82, 2.24) is 9.97 Å². The quantitative estimate of drug-likeness (QED) is 0.793. The van der Waals surface area contributed by atoms with Crippen molar-refractivity contribution in [3.8, 4) is 0 Å². The highest BCUT2D eigenvalue weighted by atomic mass is 35.5. The van der Waals surface area contributed by atoms with Gasteiger partial charge < -0.3 is 4.90 Å². The zero-order valence-corrected chi connectivity index (χ0v) is 12.5. The van der Waals surface area contributed by atoms with Crippen molar-refractivity contribution in [1.29, 1.82) is 0 Å². The van der Waals surface area contributed by atoms with Crippen LogP contribution in [-0.4, -0.2) is 43.0 Å². The van der Waals surface area contributed by atoms with Gasteiger partial charge in [-0.3, -0.25) is 0 Å². The summed E-state index contributed by atoms with van der Waals surface area (Å²) in [5, 5.41) is 1.05. The average molecular weight is 312 g/mol. The summed E-state index contributed by atoms with van der Waals surface area (Å²) in [7, 11) is -1.07. The van der Waals surface area contributed by atoms with Crippen LogP contribution in [-0.2, 0) is 9.84 Å². The molecular formula is C13H14ClN3O2S. The van der Waals surface area contributed by atoms with Gasteiger partial charge >= 0.3 is 0 Å².